The molecule has 0 bridgehead atoms. The fraction of sp³-hybridized carbons (Fsp3) is 0.571. The van der Waals surface area contributed by atoms with E-state index in [1.807, 2.05) is 12.1 Å². The molecule has 1 fully saturated rings. The lowest BCUT2D eigenvalue weighted by Gasteiger charge is -2.17. The van der Waals surface area contributed by atoms with Gasteiger partial charge >= 0.3 is 0 Å². The van der Waals surface area contributed by atoms with E-state index in [2.05, 4.69) is 28.2 Å². The minimum absolute atomic E-state index is 0.193. The summed E-state index contributed by atoms with van der Waals surface area (Å²) in [5.41, 5.74) is 0.715. The minimum atomic E-state index is -0.280. The molecule has 0 spiro atoms. The van der Waals surface area contributed by atoms with Crippen LogP contribution in [0.1, 0.15) is 31.7 Å². The van der Waals surface area contributed by atoms with Gasteiger partial charge in [0.05, 0.1) is 5.02 Å². The van der Waals surface area contributed by atoms with Gasteiger partial charge in [-0.15, -0.1) is 0 Å². The molecular formula is C14H18BrClFN. The second kappa shape index (κ2) is 6.36. The summed E-state index contributed by atoms with van der Waals surface area (Å²) in [4.78, 5) is 0. The Morgan fingerprint density at radius 3 is 2.83 bits per heavy atom. The molecule has 1 N–H and O–H groups in total. The van der Waals surface area contributed by atoms with E-state index in [4.69, 9.17) is 11.6 Å². The van der Waals surface area contributed by atoms with Crippen LogP contribution in [0.15, 0.2) is 16.6 Å². The summed E-state index contributed by atoms with van der Waals surface area (Å²) >= 11 is 9.13. The molecule has 1 aromatic rings. The highest BCUT2D eigenvalue weighted by Gasteiger charge is 2.30. The van der Waals surface area contributed by atoms with Crippen LogP contribution in [0.25, 0.3) is 0 Å². The van der Waals surface area contributed by atoms with Crippen LogP contribution in [0.3, 0.4) is 0 Å². The summed E-state index contributed by atoms with van der Waals surface area (Å²) in [7, 11) is 0. The Labute approximate surface area is 121 Å². The van der Waals surface area contributed by atoms with E-state index in [-0.39, 0.29) is 10.8 Å². The predicted octanol–water partition coefficient (Wildman–Crippen LogP) is 4.56. The summed E-state index contributed by atoms with van der Waals surface area (Å²) in [6.07, 6.45) is 4.34. The van der Waals surface area contributed by atoms with E-state index in [0.717, 1.165) is 25.3 Å². The molecule has 1 aliphatic rings. The number of benzene rings is 1. The van der Waals surface area contributed by atoms with Gasteiger partial charge in [-0.2, -0.15) is 0 Å². The molecule has 0 radical (unpaired) electrons. The van der Waals surface area contributed by atoms with Crippen molar-refractivity contribution >= 4 is 27.5 Å². The smallest absolute Gasteiger partial charge is 0.146 e. The van der Waals surface area contributed by atoms with E-state index in [0.29, 0.717) is 16.1 Å². The molecule has 1 aliphatic carbocycles. The van der Waals surface area contributed by atoms with Crippen molar-refractivity contribution in [2.24, 2.45) is 5.92 Å². The molecule has 1 saturated carbocycles. The van der Waals surface area contributed by atoms with E-state index >= 15 is 0 Å². The van der Waals surface area contributed by atoms with Crippen molar-refractivity contribution in [3.05, 3.63) is 33.0 Å². The van der Waals surface area contributed by atoms with Crippen LogP contribution >= 0.6 is 27.5 Å². The van der Waals surface area contributed by atoms with Crippen LogP contribution in [0.2, 0.25) is 5.02 Å². The van der Waals surface area contributed by atoms with Crippen LogP contribution in [-0.4, -0.2) is 12.6 Å². The molecule has 1 aromatic carbocycles. The number of rotatable bonds is 6. The SMILES string of the molecule is CCNC(CCc1ccc(Br)c(Cl)c1F)C1CC1. The van der Waals surface area contributed by atoms with Crippen molar-refractivity contribution < 1.29 is 4.39 Å². The van der Waals surface area contributed by atoms with Gasteiger partial charge in [-0.25, -0.2) is 4.39 Å². The van der Waals surface area contributed by atoms with Gasteiger partial charge in [0.1, 0.15) is 5.82 Å². The third kappa shape index (κ3) is 3.46. The topological polar surface area (TPSA) is 12.0 Å². The Morgan fingerprint density at radius 2 is 2.22 bits per heavy atom. The highest BCUT2D eigenvalue weighted by Crippen LogP contribution is 2.35. The summed E-state index contributed by atoms with van der Waals surface area (Å²) < 4.78 is 14.6. The third-order valence-corrected chi connectivity index (χ3v) is 4.76. The fourth-order valence-corrected chi connectivity index (χ4v) is 2.83. The maximum Gasteiger partial charge on any atom is 0.146 e. The molecule has 0 amide bonds. The van der Waals surface area contributed by atoms with Gasteiger partial charge in [-0.05, 0) is 65.7 Å². The van der Waals surface area contributed by atoms with E-state index in [9.17, 15) is 4.39 Å². The average Bonchev–Trinajstić information content (AvgIpc) is 3.18. The molecule has 1 nitrogen and oxygen atoms in total. The molecule has 0 aliphatic heterocycles. The van der Waals surface area contributed by atoms with Crippen molar-refractivity contribution in [2.45, 2.75) is 38.6 Å². The minimum Gasteiger partial charge on any atom is -0.314 e. The molecule has 1 atom stereocenters. The first-order valence-electron chi connectivity index (χ1n) is 6.49. The lowest BCUT2D eigenvalue weighted by atomic mass is 10.0. The summed E-state index contributed by atoms with van der Waals surface area (Å²) in [5.74, 6) is 0.510. The highest BCUT2D eigenvalue weighted by molar-refractivity contribution is 9.10. The van der Waals surface area contributed by atoms with Gasteiger partial charge in [0.2, 0.25) is 0 Å². The van der Waals surface area contributed by atoms with Crippen LogP contribution in [0, 0.1) is 11.7 Å². The van der Waals surface area contributed by atoms with Crippen molar-refractivity contribution in [3.63, 3.8) is 0 Å². The van der Waals surface area contributed by atoms with Crippen molar-refractivity contribution in [1.29, 1.82) is 0 Å². The van der Waals surface area contributed by atoms with Gasteiger partial charge in [0.25, 0.3) is 0 Å². The Bertz CT molecular complexity index is 421. The zero-order valence-electron chi connectivity index (χ0n) is 10.5. The highest BCUT2D eigenvalue weighted by atomic mass is 79.9. The molecule has 0 saturated heterocycles. The summed E-state index contributed by atoms with van der Waals surface area (Å²) in [6.45, 7) is 3.09. The molecule has 4 heteroatoms. The molecule has 1 unspecified atom stereocenters. The lowest BCUT2D eigenvalue weighted by molar-refractivity contribution is 0.442. The molecule has 0 heterocycles. The zero-order chi connectivity index (χ0) is 13.1. The standard InChI is InChI=1S/C14H18BrClFN/c1-2-18-12(9-3-4-9)8-6-10-5-7-11(15)13(16)14(10)17/h5,7,9,12,18H,2-4,6,8H2,1H3. The number of hydrogen-bond acceptors (Lipinski definition) is 1. The Hall–Kier alpha value is -0.120. The number of aryl methyl sites for hydroxylation is 1. The van der Waals surface area contributed by atoms with E-state index in [1.54, 1.807) is 0 Å². The second-order valence-corrected chi connectivity index (χ2v) is 6.11. The number of hydrogen-bond donors (Lipinski definition) is 1. The zero-order valence-corrected chi connectivity index (χ0v) is 12.8. The van der Waals surface area contributed by atoms with Gasteiger partial charge in [0.15, 0.2) is 0 Å². The third-order valence-electron chi connectivity index (χ3n) is 3.50. The largest absolute Gasteiger partial charge is 0.314 e. The maximum atomic E-state index is 13.9. The first-order chi connectivity index (χ1) is 8.63. The van der Waals surface area contributed by atoms with Crippen LogP contribution in [-0.2, 0) is 6.42 Å². The molecular weight excluding hydrogens is 317 g/mol. The maximum absolute atomic E-state index is 13.9. The van der Waals surface area contributed by atoms with Crippen LogP contribution in [0.5, 0.6) is 0 Å². The first kappa shape index (κ1) is 14.3. The Balaban J connectivity index is 1.98. The lowest BCUT2D eigenvalue weighted by Crippen LogP contribution is -2.31. The Kier molecular flexibility index (Phi) is 5.05. The van der Waals surface area contributed by atoms with E-state index in [1.165, 1.54) is 12.8 Å². The molecule has 0 aromatic heterocycles. The Morgan fingerprint density at radius 1 is 1.50 bits per heavy atom. The fourth-order valence-electron chi connectivity index (χ4n) is 2.34. The van der Waals surface area contributed by atoms with Gasteiger partial charge < -0.3 is 5.32 Å². The van der Waals surface area contributed by atoms with Gasteiger partial charge in [-0.1, -0.05) is 24.6 Å². The quantitative estimate of drug-likeness (QED) is 0.752. The normalized spacial score (nSPS) is 16.9. The van der Waals surface area contributed by atoms with Crippen molar-refractivity contribution in [2.75, 3.05) is 6.54 Å². The number of nitrogens with one attached hydrogen (secondary N) is 1. The van der Waals surface area contributed by atoms with E-state index < -0.39 is 0 Å². The van der Waals surface area contributed by atoms with Crippen LogP contribution < -0.4 is 5.32 Å². The average molecular weight is 335 g/mol. The molecule has 100 valence electrons. The van der Waals surface area contributed by atoms with Crippen molar-refractivity contribution in [1.82, 2.24) is 5.32 Å². The van der Waals surface area contributed by atoms with Crippen molar-refractivity contribution in [3.8, 4) is 0 Å². The summed E-state index contributed by atoms with van der Waals surface area (Å²) in [5, 5.41) is 3.69. The predicted molar refractivity (Wildman–Crippen MR) is 77.6 cm³/mol. The van der Waals surface area contributed by atoms with Crippen LogP contribution in [0.4, 0.5) is 4.39 Å². The second-order valence-electron chi connectivity index (χ2n) is 4.87. The monoisotopic (exact) mass is 333 g/mol. The number of halogens is 3. The molecule has 18 heavy (non-hydrogen) atoms. The summed E-state index contributed by atoms with van der Waals surface area (Å²) in [6, 6.07) is 4.17. The van der Waals surface area contributed by atoms with Gasteiger partial charge in [0, 0.05) is 10.5 Å². The molecule has 2 rings (SSSR count). The van der Waals surface area contributed by atoms with Gasteiger partial charge in [-0.3, -0.25) is 0 Å². The first-order valence-corrected chi connectivity index (χ1v) is 7.66.